The normalized spacial score (nSPS) is 14.5. The van der Waals surface area contributed by atoms with Crippen molar-refractivity contribution in [1.29, 1.82) is 0 Å². The third-order valence-corrected chi connectivity index (χ3v) is 18.8. The third kappa shape index (κ3) is 75.7. The smallest absolute Gasteiger partial charge is 0.462 e. The summed E-state index contributed by atoms with van der Waals surface area (Å²) in [7, 11) is -9.98. The van der Waals surface area contributed by atoms with E-state index >= 15 is 0 Å². The molecule has 0 aromatic rings. The number of unbranched alkanes of at least 4 members (excludes halogenated alkanes) is 30. The Hall–Kier alpha value is -4.54. The molecule has 5 unspecified atom stereocenters. The van der Waals surface area contributed by atoms with Crippen LogP contribution < -0.4 is 0 Å². The van der Waals surface area contributed by atoms with Gasteiger partial charge in [0.2, 0.25) is 0 Å². The maximum Gasteiger partial charge on any atom is 0.472 e. The number of phosphoric acid groups is 2. The van der Waals surface area contributed by atoms with Crippen LogP contribution in [0.1, 0.15) is 336 Å². The van der Waals surface area contributed by atoms with Gasteiger partial charge in [-0.15, -0.1) is 0 Å². The van der Waals surface area contributed by atoms with E-state index < -0.39 is 97.5 Å². The monoisotopic (exact) mass is 1500 g/mol. The number of rotatable bonds is 76. The Bertz CT molecular complexity index is 2440. The van der Waals surface area contributed by atoms with Gasteiger partial charge < -0.3 is 33.8 Å². The summed E-state index contributed by atoms with van der Waals surface area (Å²) in [5, 5.41) is 10.6. The zero-order chi connectivity index (χ0) is 76.0. The Morgan fingerprint density at radius 1 is 0.279 bits per heavy atom. The van der Waals surface area contributed by atoms with Crippen LogP contribution in [0.2, 0.25) is 0 Å². The second-order valence-corrected chi connectivity index (χ2v) is 29.9. The van der Waals surface area contributed by atoms with Crippen LogP contribution in [0.5, 0.6) is 0 Å². The molecule has 0 aliphatic carbocycles. The van der Waals surface area contributed by atoms with Crippen LogP contribution in [0.15, 0.2) is 122 Å². The Balaban J connectivity index is 5.43. The lowest BCUT2D eigenvalue weighted by atomic mass is 10.1. The summed E-state index contributed by atoms with van der Waals surface area (Å²) in [6, 6.07) is 0. The zero-order valence-corrected chi connectivity index (χ0v) is 67.2. The topological polar surface area (TPSA) is 237 Å². The molecule has 598 valence electrons. The lowest BCUT2D eigenvalue weighted by Crippen LogP contribution is -2.30. The lowest BCUT2D eigenvalue weighted by molar-refractivity contribution is -0.161. The maximum atomic E-state index is 13.1. The number of phosphoric ester groups is 2. The van der Waals surface area contributed by atoms with E-state index in [0.29, 0.717) is 32.1 Å². The van der Waals surface area contributed by atoms with E-state index in [-0.39, 0.29) is 25.7 Å². The Morgan fingerprint density at radius 2 is 0.519 bits per heavy atom. The van der Waals surface area contributed by atoms with Crippen LogP contribution in [-0.4, -0.2) is 96.7 Å². The molecule has 0 fully saturated rings. The molecule has 0 saturated carbocycles. The quantitative estimate of drug-likeness (QED) is 0.0169. The third-order valence-electron chi connectivity index (χ3n) is 16.9. The van der Waals surface area contributed by atoms with E-state index in [1.165, 1.54) is 83.5 Å². The highest BCUT2D eigenvalue weighted by Gasteiger charge is 2.30. The Morgan fingerprint density at radius 3 is 0.856 bits per heavy atom. The average Bonchev–Trinajstić information content (AvgIpc) is 0.918. The molecule has 3 N–H and O–H groups in total. The molecule has 0 radical (unpaired) electrons. The van der Waals surface area contributed by atoms with Crippen molar-refractivity contribution >= 4 is 39.5 Å². The Kier molecular flexibility index (Phi) is 73.3. The minimum atomic E-state index is -5.00. The van der Waals surface area contributed by atoms with Gasteiger partial charge in [-0.05, 0) is 148 Å². The lowest BCUT2D eigenvalue weighted by Gasteiger charge is -2.21. The second kappa shape index (κ2) is 76.6. The fourth-order valence-electron chi connectivity index (χ4n) is 10.7. The summed E-state index contributed by atoms with van der Waals surface area (Å²) in [5.41, 5.74) is 0. The minimum absolute atomic E-state index is 0.0312. The first-order valence-corrected chi connectivity index (χ1v) is 43.8. The highest BCUT2D eigenvalue weighted by Crippen LogP contribution is 2.45. The van der Waals surface area contributed by atoms with Gasteiger partial charge in [0.1, 0.15) is 19.3 Å². The molecular formula is C85H146O17P2. The van der Waals surface area contributed by atoms with E-state index in [0.717, 1.165) is 167 Å². The molecule has 5 atom stereocenters. The molecule has 0 bridgehead atoms. The van der Waals surface area contributed by atoms with E-state index in [1.807, 2.05) is 18.2 Å². The fraction of sp³-hybridized carbons (Fsp3) is 0.718. The van der Waals surface area contributed by atoms with Crippen molar-refractivity contribution in [2.45, 2.75) is 354 Å². The number of allylic oxidation sites excluding steroid dienone is 20. The van der Waals surface area contributed by atoms with Gasteiger partial charge in [0.05, 0.1) is 26.4 Å². The molecule has 0 amide bonds. The van der Waals surface area contributed by atoms with Crippen LogP contribution >= 0.6 is 15.6 Å². The van der Waals surface area contributed by atoms with E-state index in [1.54, 1.807) is 0 Å². The van der Waals surface area contributed by atoms with Crippen LogP contribution in [0.4, 0.5) is 0 Å². The molecule has 17 nitrogen and oxygen atoms in total. The first-order valence-electron chi connectivity index (χ1n) is 40.8. The number of carbonyl (C=O) groups is 4. The summed E-state index contributed by atoms with van der Waals surface area (Å²) in [6.07, 6.45) is 84.7. The van der Waals surface area contributed by atoms with Gasteiger partial charge in [-0.3, -0.25) is 37.3 Å². The molecule has 0 aliphatic heterocycles. The SMILES string of the molecule is CCC=CCC=CCC=CCC=CCC=CCC=CCCC(=O)OCC(COP(=O)(O)OCC(O)COP(=O)(O)OCC(COC(=O)CCCCCCCCCC=CCCCCCC)OC(=O)CCCCCCCCCC=CCCCCCC)OC(=O)CCCCCCCC=CCC=CCCCCC. The van der Waals surface area contributed by atoms with Crippen molar-refractivity contribution in [3.8, 4) is 0 Å². The van der Waals surface area contributed by atoms with Gasteiger partial charge in [0.15, 0.2) is 12.2 Å². The molecule has 0 aliphatic rings. The van der Waals surface area contributed by atoms with Gasteiger partial charge in [-0.1, -0.05) is 284 Å². The average molecular weight is 1500 g/mol. The van der Waals surface area contributed by atoms with Gasteiger partial charge in [0.25, 0.3) is 0 Å². The molecule has 0 spiro atoms. The number of aliphatic hydroxyl groups is 1. The van der Waals surface area contributed by atoms with Crippen molar-refractivity contribution in [2.75, 3.05) is 39.6 Å². The number of carbonyl (C=O) groups excluding carboxylic acids is 4. The summed E-state index contributed by atoms with van der Waals surface area (Å²) < 4.78 is 68.6. The standard InChI is InChI=1S/C85H146O17P2/c1-5-9-13-17-21-25-29-33-37-38-39-40-44-46-50-54-58-62-66-70-83(88)96-76-81(102-85(90)72-68-64-60-56-52-48-43-36-32-28-24-20-16-12-8-4)78-100-104(93,94)98-74-79(86)73-97-103(91,92)99-77-80(101-84(89)71-67-63-59-55-51-47-42-35-31-27-23-19-15-11-7-3)75-95-82(87)69-65-61-57-53-49-45-41-34-30-26-22-18-14-10-6-2/h9,13,21,24-28,30-31,33,36-37,39-40,43,46,50,58,62,79-81,86H,5-8,10-12,14-20,22-23,29,32,34-35,38,41-42,44-45,47-49,51-57,59-61,63-78H2,1-4H3,(H,91,92)(H,93,94). The molecule has 0 aromatic carbocycles. The van der Waals surface area contributed by atoms with Crippen LogP contribution in [0.25, 0.3) is 0 Å². The van der Waals surface area contributed by atoms with Gasteiger partial charge in [-0.2, -0.15) is 0 Å². The molecule has 19 heteroatoms. The summed E-state index contributed by atoms with van der Waals surface area (Å²) >= 11 is 0. The van der Waals surface area contributed by atoms with Gasteiger partial charge in [0, 0.05) is 25.7 Å². The van der Waals surface area contributed by atoms with E-state index in [4.69, 9.17) is 37.0 Å². The predicted octanol–water partition coefficient (Wildman–Crippen LogP) is 23.9. The molecule has 0 heterocycles. The highest BCUT2D eigenvalue weighted by molar-refractivity contribution is 7.47. The van der Waals surface area contributed by atoms with Crippen LogP contribution in [0, 0.1) is 0 Å². The van der Waals surface area contributed by atoms with Gasteiger partial charge >= 0.3 is 39.5 Å². The number of hydrogen-bond acceptors (Lipinski definition) is 15. The summed E-state index contributed by atoms with van der Waals surface area (Å²) in [4.78, 5) is 73.0. The number of ether oxygens (including phenoxy) is 4. The number of esters is 4. The number of aliphatic hydroxyl groups excluding tert-OH is 1. The first kappa shape index (κ1) is 99.5. The van der Waals surface area contributed by atoms with E-state index in [2.05, 4.69) is 131 Å². The maximum absolute atomic E-state index is 13.1. The predicted molar refractivity (Wildman–Crippen MR) is 427 cm³/mol. The van der Waals surface area contributed by atoms with Crippen molar-refractivity contribution < 1.29 is 80.2 Å². The fourth-order valence-corrected chi connectivity index (χ4v) is 12.3. The summed E-state index contributed by atoms with van der Waals surface area (Å²) in [5.74, 6) is -2.29. The van der Waals surface area contributed by atoms with Gasteiger partial charge in [-0.25, -0.2) is 9.13 Å². The van der Waals surface area contributed by atoms with Crippen molar-refractivity contribution in [2.24, 2.45) is 0 Å². The van der Waals surface area contributed by atoms with E-state index in [9.17, 15) is 43.2 Å². The minimum Gasteiger partial charge on any atom is -0.462 e. The largest absolute Gasteiger partial charge is 0.472 e. The molecule has 0 rings (SSSR count). The van der Waals surface area contributed by atoms with Crippen molar-refractivity contribution in [3.05, 3.63) is 122 Å². The number of hydrogen-bond donors (Lipinski definition) is 3. The van der Waals surface area contributed by atoms with Crippen LogP contribution in [0.3, 0.4) is 0 Å². The molecule has 104 heavy (non-hydrogen) atoms. The summed E-state index contributed by atoms with van der Waals surface area (Å²) in [6.45, 7) is 4.63. The molecule has 0 saturated heterocycles. The van der Waals surface area contributed by atoms with Crippen molar-refractivity contribution in [1.82, 2.24) is 0 Å². The van der Waals surface area contributed by atoms with Crippen molar-refractivity contribution in [3.63, 3.8) is 0 Å². The first-order chi connectivity index (χ1) is 50.7. The molecular weight excluding hydrogens is 1350 g/mol. The Labute approximate surface area is 632 Å². The van der Waals surface area contributed by atoms with Crippen LogP contribution in [-0.2, 0) is 65.4 Å². The zero-order valence-electron chi connectivity index (χ0n) is 65.4. The second-order valence-electron chi connectivity index (χ2n) is 27.0. The molecule has 0 aromatic heterocycles. The highest BCUT2D eigenvalue weighted by atomic mass is 31.2.